The van der Waals surface area contributed by atoms with Gasteiger partial charge in [-0.05, 0) is 23.8 Å². The first kappa shape index (κ1) is 13.4. The SMILES string of the molecule is O=C(O)c1ccccc1S(=O)Cc1cncc(F)c1. The van der Waals surface area contributed by atoms with Gasteiger partial charge in [0.15, 0.2) is 0 Å². The first-order valence-corrected chi connectivity index (χ1v) is 6.70. The Hall–Kier alpha value is -2.08. The largest absolute Gasteiger partial charge is 0.478 e. The Balaban J connectivity index is 2.28. The van der Waals surface area contributed by atoms with Gasteiger partial charge in [-0.1, -0.05) is 12.1 Å². The molecule has 1 aromatic carbocycles. The maximum atomic E-state index is 13.0. The lowest BCUT2D eigenvalue weighted by molar-refractivity contribution is 0.0693. The van der Waals surface area contributed by atoms with E-state index >= 15 is 0 Å². The molecule has 0 saturated heterocycles. The molecule has 1 aromatic heterocycles. The Morgan fingerprint density at radius 3 is 2.74 bits per heavy atom. The highest BCUT2D eigenvalue weighted by Gasteiger charge is 2.15. The molecule has 2 rings (SSSR count). The van der Waals surface area contributed by atoms with Crippen LogP contribution >= 0.6 is 0 Å². The van der Waals surface area contributed by atoms with Gasteiger partial charge in [0.1, 0.15) is 5.82 Å². The fourth-order valence-electron chi connectivity index (χ4n) is 1.61. The minimum Gasteiger partial charge on any atom is -0.478 e. The van der Waals surface area contributed by atoms with Crippen molar-refractivity contribution in [3.8, 4) is 0 Å². The average molecular weight is 279 g/mol. The van der Waals surface area contributed by atoms with E-state index in [2.05, 4.69) is 4.98 Å². The molecule has 1 heterocycles. The van der Waals surface area contributed by atoms with E-state index in [1.54, 1.807) is 12.1 Å². The molecular weight excluding hydrogens is 269 g/mol. The molecule has 19 heavy (non-hydrogen) atoms. The molecule has 0 aliphatic carbocycles. The topological polar surface area (TPSA) is 67.3 Å². The predicted molar refractivity (Wildman–Crippen MR) is 67.7 cm³/mol. The number of carboxylic acids is 1. The summed E-state index contributed by atoms with van der Waals surface area (Å²) in [4.78, 5) is 14.9. The van der Waals surface area contributed by atoms with E-state index in [-0.39, 0.29) is 16.2 Å². The summed E-state index contributed by atoms with van der Waals surface area (Å²) in [5.74, 6) is -1.63. The fourth-order valence-corrected chi connectivity index (χ4v) is 2.85. The van der Waals surface area contributed by atoms with Gasteiger partial charge in [0.05, 0.1) is 33.2 Å². The number of nitrogens with zero attached hydrogens (tertiary/aromatic N) is 1. The third-order valence-electron chi connectivity index (χ3n) is 2.42. The molecule has 0 aliphatic heterocycles. The molecule has 0 fully saturated rings. The van der Waals surface area contributed by atoms with E-state index in [9.17, 15) is 13.4 Å². The summed E-state index contributed by atoms with van der Waals surface area (Å²) >= 11 is 0. The Morgan fingerprint density at radius 2 is 2.05 bits per heavy atom. The molecule has 2 aromatic rings. The second-order valence-electron chi connectivity index (χ2n) is 3.80. The third-order valence-corrected chi connectivity index (χ3v) is 3.86. The van der Waals surface area contributed by atoms with Gasteiger partial charge in [-0.15, -0.1) is 0 Å². The van der Waals surface area contributed by atoms with Gasteiger partial charge >= 0.3 is 5.97 Å². The second kappa shape index (κ2) is 5.71. The third kappa shape index (κ3) is 3.23. The van der Waals surface area contributed by atoms with Crippen molar-refractivity contribution >= 4 is 16.8 Å². The Bertz CT molecular complexity index is 645. The highest BCUT2D eigenvalue weighted by Crippen LogP contribution is 2.17. The van der Waals surface area contributed by atoms with E-state index in [0.29, 0.717) is 5.56 Å². The number of hydrogen-bond donors (Lipinski definition) is 1. The molecular formula is C13H10FNO3S. The van der Waals surface area contributed by atoms with Crippen LogP contribution in [0.25, 0.3) is 0 Å². The van der Waals surface area contributed by atoms with Crippen LogP contribution in [0.5, 0.6) is 0 Å². The molecule has 4 nitrogen and oxygen atoms in total. The predicted octanol–water partition coefficient (Wildman–Crippen LogP) is 2.23. The van der Waals surface area contributed by atoms with Crippen LogP contribution in [0.2, 0.25) is 0 Å². The van der Waals surface area contributed by atoms with Crippen LogP contribution in [0, 0.1) is 5.82 Å². The number of hydrogen-bond acceptors (Lipinski definition) is 3. The van der Waals surface area contributed by atoms with Crippen molar-refractivity contribution in [2.75, 3.05) is 0 Å². The van der Waals surface area contributed by atoms with Crippen LogP contribution in [0.4, 0.5) is 4.39 Å². The maximum absolute atomic E-state index is 13.0. The van der Waals surface area contributed by atoms with E-state index < -0.39 is 22.6 Å². The maximum Gasteiger partial charge on any atom is 0.336 e. The van der Waals surface area contributed by atoms with Gasteiger partial charge in [0.2, 0.25) is 0 Å². The second-order valence-corrected chi connectivity index (χ2v) is 5.22. The number of aromatic nitrogens is 1. The molecule has 0 saturated carbocycles. The molecule has 0 radical (unpaired) electrons. The molecule has 0 bridgehead atoms. The summed E-state index contributed by atoms with van der Waals surface area (Å²) in [5.41, 5.74) is 0.448. The number of benzene rings is 1. The van der Waals surface area contributed by atoms with Crippen LogP contribution in [0.1, 0.15) is 15.9 Å². The number of pyridine rings is 1. The van der Waals surface area contributed by atoms with E-state index in [0.717, 1.165) is 6.20 Å². The summed E-state index contributed by atoms with van der Waals surface area (Å²) in [5, 5.41) is 9.02. The molecule has 0 amide bonds. The monoisotopic (exact) mass is 279 g/mol. The van der Waals surface area contributed by atoms with Gasteiger partial charge in [0, 0.05) is 6.20 Å². The van der Waals surface area contributed by atoms with Gasteiger partial charge in [-0.25, -0.2) is 9.18 Å². The Morgan fingerprint density at radius 1 is 1.32 bits per heavy atom. The van der Waals surface area contributed by atoms with Crippen molar-refractivity contribution in [2.45, 2.75) is 10.6 Å². The average Bonchev–Trinajstić information content (AvgIpc) is 2.38. The fraction of sp³-hybridized carbons (Fsp3) is 0.0769. The molecule has 1 unspecified atom stereocenters. The highest BCUT2D eigenvalue weighted by molar-refractivity contribution is 7.84. The number of rotatable bonds is 4. The molecule has 1 N–H and O–H groups in total. The smallest absolute Gasteiger partial charge is 0.336 e. The van der Waals surface area contributed by atoms with Crippen LogP contribution in [0.15, 0.2) is 47.6 Å². The first-order chi connectivity index (χ1) is 9.08. The molecule has 6 heteroatoms. The lowest BCUT2D eigenvalue weighted by Gasteiger charge is -2.06. The number of aromatic carboxylic acids is 1. The zero-order valence-corrected chi connectivity index (χ0v) is 10.6. The summed E-state index contributed by atoms with van der Waals surface area (Å²) in [7, 11) is -1.56. The highest BCUT2D eigenvalue weighted by atomic mass is 32.2. The van der Waals surface area contributed by atoms with Crippen LogP contribution in [-0.2, 0) is 16.6 Å². The minimum absolute atomic E-state index is 0.00908. The van der Waals surface area contributed by atoms with E-state index in [4.69, 9.17) is 5.11 Å². The van der Waals surface area contributed by atoms with Crippen molar-refractivity contribution in [2.24, 2.45) is 0 Å². The van der Waals surface area contributed by atoms with Crippen LogP contribution in [-0.4, -0.2) is 20.3 Å². The minimum atomic E-state index is -1.56. The summed E-state index contributed by atoms with van der Waals surface area (Å²) in [6.07, 6.45) is 2.46. The van der Waals surface area contributed by atoms with Gasteiger partial charge in [0.25, 0.3) is 0 Å². The van der Waals surface area contributed by atoms with Crippen molar-refractivity contribution in [3.05, 3.63) is 59.7 Å². The quantitative estimate of drug-likeness (QED) is 0.932. The molecule has 0 aliphatic rings. The van der Waals surface area contributed by atoms with Crippen molar-refractivity contribution in [1.29, 1.82) is 0 Å². The lowest BCUT2D eigenvalue weighted by Crippen LogP contribution is -2.06. The normalized spacial score (nSPS) is 12.1. The van der Waals surface area contributed by atoms with Crippen LogP contribution < -0.4 is 0 Å². The molecule has 1 atom stereocenters. The Labute approximate surface area is 111 Å². The zero-order chi connectivity index (χ0) is 13.8. The van der Waals surface area contributed by atoms with Crippen molar-refractivity contribution in [3.63, 3.8) is 0 Å². The van der Waals surface area contributed by atoms with E-state index in [1.807, 2.05) is 0 Å². The van der Waals surface area contributed by atoms with E-state index in [1.165, 1.54) is 24.4 Å². The van der Waals surface area contributed by atoms with Gasteiger partial charge in [-0.2, -0.15) is 0 Å². The number of halogens is 1. The van der Waals surface area contributed by atoms with Crippen molar-refractivity contribution in [1.82, 2.24) is 4.98 Å². The lowest BCUT2D eigenvalue weighted by atomic mass is 10.2. The Kier molecular flexibility index (Phi) is 4.01. The van der Waals surface area contributed by atoms with Crippen LogP contribution in [0.3, 0.4) is 0 Å². The van der Waals surface area contributed by atoms with Gasteiger partial charge < -0.3 is 5.11 Å². The molecule has 0 spiro atoms. The summed E-state index contributed by atoms with van der Waals surface area (Å²) in [6, 6.07) is 7.29. The summed E-state index contributed by atoms with van der Waals surface area (Å²) in [6.45, 7) is 0. The zero-order valence-electron chi connectivity index (χ0n) is 9.75. The first-order valence-electron chi connectivity index (χ1n) is 5.38. The standard InChI is InChI=1S/C13H10FNO3S/c14-10-5-9(6-15-7-10)8-19(18)12-4-2-1-3-11(12)13(16)17/h1-7H,8H2,(H,16,17). The summed E-state index contributed by atoms with van der Waals surface area (Å²) < 4.78 is 25.1. The number of carboxylic acid groups (broad SMARTS) is 1. The van der Waals surface area contributed by atoms with Crippen molar-refractivity contribution < 1.29 is 18.5 Å². The molecule has 98 valence electrons. The number of carbonyl (C=O) groups is 1. The van der Waals surface area contributed by atoms with Gasteiger partial charge in [-0.3, -0.25) is 9.19 Å².